The van der Waals surface area contributed by atoms with Gasteiger partial charge in [-0.2, -0.15) is 5.23 Å². The highest BCUT2D eigenvalue weighted by molar-refractivity contribution is 5.84. The lowest BCUT2D eigenvalue weighted by atomic mass is 9.44. The van der Waals surface area contributed by atoms with Gasteiger partial charge in [-0.1, -0.05) is 26.7 Å². The summed E-state index contributed by atoms with van der Waals surface area (Å²) < 4.78 is 0. The first-order valence-electron chi connectivity index (χ1n) is 13.0. The molecule has 1 aromatic rings. The van der Waals surface area contributed by atoms with Crippen LogP contribution in [0.4, 0.5) is 5.69 Å². The van der Waals surface area contributed by atoms with Gasteiger partial charge in [0.1, 0.15) is 5.75 Å². The van der Waals surface area contributed by atoms with Crippen molar-refractivity contribution in [3.05, 3.63) is 29.0 Å². The number of aromatic hydroxyl groups is 1. The van der Waals surface area contributed by atoms with Gasteiger partial charge in [-0.3, -0.25) is 4.99 Å². The SMILES string of the molecule is C[C@]12CCCCC1CCC1C2CC[C@@]2(C)C1CC[C@]2(O)CN=Cc1cc([NH+]([O-])O)ccc1O. The van der Waals surface area contributed by atoms with Gasteiger partial charge in [0, 0.05) is 29.3 Å². The maximum Gasteiger partial charge on any atom is 0.164 e. The van der Waals surface area contributed by atoms with Crippen molar-refractivity contribution in [2.75, 3.05) is 6.54 Å². The predicted molar refractivity (Wildman–Crippen MR) is 128 cm³/mol. The number of quaternary nitrogens is 1. The van der Waals surface area contributed by atoms with Gasteiger partial charge in [-0.15, -0.1) is 0 Å². The fourth-order valence-electron chi connectivity index (χ4n) is 8.75. The molecule has 0 radical (unpaired) electrons. The molecule has 0 saturated heterocycles. The molecule has 4 aliphatic rings. The second kappa shape index (κ2) is 8.33. The van der Waals surface area contributed by atoms with Gasteiger partial charge in [0.15, 0.2) is 5.69 Å². The third-order valence-electron chi connectivity index (χ3n) is 10.8. The molecule has 8 atom stereocenters. The molecule has 4 fully saturated rings. The summed E-state index contributed by atoms with van der Waals surface area (Å²) in [5.74, 6) is 2.98. The maximum absolute atomic E-state index is 11.9. The zero-order valence-corrected chi connectivity index (χ0v) is 20.1. The van der Waals surface area contributed by atoms with Crippen LogP contribution in [0.1, 0.15) is 83.6 Å². The highest BCUT2D eigenvalue weighted by atomic mass is 16.8. The Morgan fingerprint density at radius 2 is 1.85 bits per heavy atom. The van der Waals surface area contributed by atoms with E-state index in [1.165, 1.54) is 69.4 Å². The third kappa shape index (κ3) is 3.65. The van der Waals surface area contributed by atoms with Crippen molar-refractivity contribution in [2.45, 2.75) is 83.7 Å². The van der Waals surface area contributed by atoms with Gasteiger partial charge >= 0.3 is 0 Å². The molecule has 4 N–H and O–H groups in total. The number of nitrogens with one attached hydrogen (secondary N) is 1. The molecule has 0 spiro atoms. The van der Waals surface area contributed by atoms with E-state index in [9.17, 15) is 20.6 Å². The van der Waals surface area contributed by atoms with Crippen LogP contribution in [0.5, 0.6) is 5.75 Å². The number of phenolic OH excluding ortho intramolecular Hbond substituents is 1. The molecule has 1 aromatic carbocycles. The second-order valence-electron chi connectivity index (χ2n) is 12.0. The van der Waals surface area contributed by atoms with Crippen molar-refractivity contribution >= 4 is 11.9 Å². The number of aliphatic imine (C=N–C) groups is 1. The lowest BCUT2D eigenvalue weighted by molar-refractivity contribution is -0.991. The van der Waals surface area contributed by atoms with Gasteiger partial charge in [0.2, 0.25) is 0 Å². The van der Waals surface area contributed by atoms with Crippen LogP contribution in [-0.4, -0.2) is 33.8 Å². The molecule has 0 aromatic heterocycles. The highest BCUT2D eigenvalue weighted by Crippen LogP contribution is 2.68. The minimum absolute atomic E-state index is 0.00393. The molecule has 6 heteroatoms. The first-order chi connectivity index (χ1) is 15.7. The van der Waals surface area contributed by atoms with Crippen LogP contribution in [0.2, 0.25) is 0 Å². The summed E-state index contributed by atoms with van der Waals surface area (Å²) in [6, 6.07) is 4.19. The molecule has 6 nitrogen and oxygen atoms in total. The monoisotopic (exact) mass is 456 g/mol. The number of benzene rings is 1. The van der Waals surface area contributed by atoms with Crippen LogP contribution in [0, 0.1) is 39.7 Å². The Morgan fingerprint density at radius 1 is 1.06 bits per heavy atom. The Kier molecular flexibility index (Phi) is 5.88. The Morgan fingerprint density at radius 3 is 2.64 bits per heavy atom. The zero-order chi connectivity index (χ0) is 23.4. The standard InChI is InChI=1S/C27H40N2O4/c1-25-12-4-3-5-19(25)6-8-21-22(25)10-13-26(2)23(21)11-14-27(26,31)17-28-16-18-15-20(29(32)33)7-9-24(18)30/h7,9,15-16,19,21-23,29-32H,3-6,8,10-14,17H2,1-2H3/t19?,21?,22?,23?,25-,26-,27-/m0/s1. The minimum Gasteiger partial charge on any atom is -0.595 e. The van der Waals surface area contributed by atoms with Crippen molar-refractivity contribution < 1.29 is 20.6 Å². The molecule has 0 amide bonds. The Labute approximate surface area is 197 Å². The van der Waals surface area contributed by atoms with E-state index >= 15 is 0 Å². The van der Waals surface area contributed by atoms with Crippen molar-refractivity contribution in [3.63, 3.8) is 0 Å². The van der Waals surface area contributed by atoms with Gasteiger partial charge in [-0.25, -0.2) is 5.21 Å². The topological polar surface area (TPSA) is 101 Å². The van der Waals surface area contributed by atoms with Crippen molar-refractivity contribution in [1.29, 1.82) is 0 Å². The van der Waals surface area contributed by atoms with Crippen molar-refractivity contribution in [3.8, 4) is 5.75 Å². The molecule has 0 bridgehead atoms. The normalized spacial score (nSPS) is 43.7. The fraction of sp³-hybridized carbons (Fsp3) is 0.741. The zero-order valence-electron chi connectivity index (χ0n) is 20.1. The van der Waals surface area contributed by atoms with E-state index in [0.29, 0.717) is 23.4 Å². The number of fused-ring (bicyclic) bond motifs is 5. The number of rotatable bonds is 4. The summed E-state index contributed by atoms with van der Waals surface area (Å²) in [5.41, 5.74) is 0.0164. The van der Waals surface area contributed by atoms with Crippen molar-refractivity contribution in [2.24, 2.45) is 39.5 Å². The summed E-state index contributed by atoms with van der Waals surface area (Å²) in [7, 11) is 0. The first kappa shape index (κ1) is 23.3. The third-order valence-corrected chi connectivity index (χ3v) is 10.8. The number of aliphatic hydroxyl groups is 1. The lowest BCUT2D eigenvalue weighted by Crippen LogP contribution is -2.99. The van der Waals surface area contributed by atoms with Gasteiger partial charge < -0.3 is 15.4 Å². The number of hydrogen-bond donors (Lipinski definition) is 4. The average molecular weight is 457 g/mol. The van der Waals surface area contributed by atoms with E-state index in [0.717, 1.165) is 37.0 Å². The molecule has 5 rings (SSSR count). The van der Waals surface area contributed by atoms with Crippen LogP contribution < -0.4 is 5.23 Å². The van der Waals surface area contributed by atoms with Crippen LogP contribution in [0.25, 0.3) is 0 Å². The average Bonchev–Trinajstić information content (AvgIpc) is 3.05. The Bertz CT molecular complexity index is 919. The van der Waals surface area contributed by atoms with E-state index in [2.05, 4.69) is 18.8 Å². The predicted octanol–water partition coefficient (Wildman–Crippen LogP) is 4.38. The lowest BCUT2D eigenvalue weighted by Gasteiger charge is -2.61. The Hall–Kier alpha value is -1.47. The van der Waals surface area contributed by atoms with Crippen LogP contribution in [0.15, 0.2) is 23.2 Å². The summed E-state index contributed by atoms with van der Waals surface area (Å²) >= 11 is 0. The number of nitrogens with zero attached hydrogens (tertiary/aromatic N) is 1. The molecule has 5 unspecified atom stereocenters. The van der Waals surface area contributed by atoms with Gasteiger partial charge in [-0.05, 0) is 86.5 Å². The molecular formula is C27H40N2O4. The molecule has 0 aliphatic heterocycles. The number of phenols is 1. The molecule has 4 saturated carbocycles. The molecule has 0 heterocycles. The minimum atomic E-state index is -1.03. The van der Waals surface area contributed by atoms with Gasteiger partial charge in [0.25, 0.3) is 0 Å². The molecular weight excluding hydrogens is 416 g/mol. The summed E-state index contributed by atoms with van der Waals surface area (Å²) in [5, 5.41) is 41.4. The van der Waals surface area contributed by atoms with Gasteiger partial charge in [0.05, 0.1) is 12.1 Å². The first-order valence-corrected chi connectivity index (χ1v) is 13.0. The van der Waals surface area contributed by atoms with Crippen LogP contribution in [0.3, 0.4) is 0 Å². The van der Waals surface area contributed by atoms with Crippen LogP contribution >= 0.6 is 0 Å². The maximum atomic E-state index is 11.9. The van der Waals surface area contributed by atoms with E-state index < -0.39 is 10.8 Å². The summed E-state index contributed by atoms with van der Waals surface area (Å²) in [6.07, 6.45) is 13.9. The molecule has 33 heavy (non-hydrogen) atoms. The van der Waals surface area contributed by atoms with Crippen molar-refractivity contribution in [1.82, 2.24) is 0 Å². The summed E-state index contributed by atoms with van der Waals surface area (Å²) in [4.78, 5) is 4.55. The highest BCUT2D eigenvalue weighted by Gasteiger charge is 2.64. The fourth-order valence-corrected chi connectivity index (χ4v) is 8.75. The largest absolute Gasteiger partial charge is 0.595 e. The number of hydrogen-bond acceptors (Lipinski definition) is 5. The summed E-state index contributed by atoms with van der Waals surface area (Å²) in [6.45, 7) is 5.18. The van der Waals surface area contributed by atoms with E-state index in [-0.39, 0.29) is 16.9 Å². The van der Waals surface area contributed by atoms with E-state index in [4.69, 9.17) is 0 Å². The van der Waals surface area contributed by atoms with E-state index in [1.807, 2.05) is 0 Å². The molecule has 182 valence electrons. The quantitative estimate of drug-likeness (QED) is 0.307. The van der Waals surface area contributed by atoms with Crippen LogP contribution in [-0.2, 0) is 0 Å². The second-order valence-corrected chi connectivity index (χ2v) is 12.0. The molecule has 4 aliphatic carbocycles. The Balaban J connectivity index is 1.34. The smallest absolute Gasteiger partial charge is 0.164 e. The van der Waals surface area contributed by atoms with E-state index in [1.54, 1.807) is 0 Å².